The summed E-state index contributed by atoms with van der Waals surface area (Å²) >= 11 is 0. The standard InChI is InChI=1S/C19H13F4N5O2/c1-9-16(30-10(2)25-9)17(29)26-12-3-4-14(20)13(5-12)15-8-28-7-11(19(21,22)23)6-24-18(28)27-15/h3-8H,1-2H3,(H,26,29). The number of aromatic nitrogens is 4. The molecule has 0 unspecified atom stereocenters. The Bertz CT molecular complexity index is 1280. The topological polar surface area (TPSA) is 85.3 Å². The molecular weight excluding hydrogens is 406 g/mol. The van der Waals surface area contributed by atoms with Crippen LogP contribution in [0.25, 0.3) is 17.0 Å². The molecule has 3 heterocycles. The minimum atomic E-state index is -4.57. The molecule has 7 nitrogen and oxygen atoms in total. The van der Waals surface area contributed by atoms with Crippen LogP contribution in [0.5, 0.6) is 0 Å². The lowest BCUT2D eigenvalue weighted by Crippen LogP contribution is -2.12. The number of oxazole rings is 1. The van der Waals surface area contributed by atoms with Crippen molar-refractivity contribution in [2.45, 2.75) is 20.0 Å². The molecule has 0 aliphatic carbocycles. The average molecular weight is 419 g/mol. The summed E-state index contributed by atoms with van der Waals surface area (Å²) in [5.74, 6) is -0.918. The van der Waals surface area contributed by atoms with Gasteiger partial charge >= 0.3 is 6.18 Å². The predicted octanol–water partition coefficient (Wildman–Crippen LogP) is 4.41. The highest BCUT2D eigenvalue weighted by atomic mass is 19.4. The first-order chi connectivity index (χ1) is 14.1. The van der Waals surface area contributed by atoms with E-state index >= 15 is 0 Å². The number of halogens is 4. The summed E-state index contributed by atoms with van der Waals surface area (Å²) in [5.41, 5.74) is -0.275. The fourth-order valence-corrected chi connectivity index (χ4v) is 2.89. The minimum Gasteiger partial charge on any atom is -0.436 e. The Kier molecular flexibility index (Phi) is 4.52. The van der Waals surface area contributed by atoms with Crippen LogP contribution in [0, 0.1) is 19.7 Å². The zero-order valence-corrected chi connectivity index (χ0v) is 15.6. The van der Waals surface area contributed by atoms with Crippen molar-refractivity contribution in [2.75, 3.05) is 5.32 Å². The van der Waals surface area contributed by atoms with Crippen LogP contribution in [-0.4, -0.2) is 25.3 Å². The molecule has 11 heteroatoms. The van der Waals surface area contributed by atoms with Gasteiger partial charge in [-0.3, -0.25) is 9.20 Å². The fraction of sp³-hybridized carbons (Fsp3) is 0.158. The lowest BCUT2D eigenvalue weighted by atomic mass is 10.1. The normalized spacial score (nSPS) is 11.8. The van der Waals surface area contributed by atoms with Gasteiger partial charge in [0, 0.05) is 36.8 Å². The number of hydrogen-bond donors (Lipinski definition) is 1. The van der Waals surface area contributed by atoms with E-state index in [-0.39, 0.29) is 28.5 Å². The lowest BCUT2D eigenvalue weighted by molar-refractivity contribution is -0.138. The highest BCUT2D eigenvalue weighted by molar-refractivity contribution is 6.03. The van der Waals surface area contributed by atoms with Crippen molar-refractivity contribution in [3.05, 3.63) is 65.5 Å². The van der Waals surface area contributed by atoms with E-state index in [1.165, 1.54) is 18.3 Å². The third kappa shape index (κ3) is 3.61. The summed E-state index contributed by atoms with van der Waals surface area (Å²) in [6.45, 7) is 3.21. The molecule has 0 bridgehead atoms. The second-order valence-corrected chi connectivity index (χ2v) is 6.47. The molecule has 1 N–H and O–H groups in total. The van der Waals surface area contributed by atoms with E-state index in [9.17, 15) is 22.4 Å². The van der Waals surface area contributed by atoms with Crippen molar-refractivity contribution >= 4 is 17.4 Å². The van der Waals surface area contributed by atoms with Gasteiger partial charge in [-0.2, -0.15) is 13.2 Å². The third-order valence-corrected chi connectivity index (χ3v) is 4.25. The monoisotopic (exact) mass is 419 g/mol. The number of carbonyl (C=O) groups excluding carboxylic acids is 1. The van der Waals surface area contributed by atoms with Crippen molar-refractivity contribution < 1.29 is 26.8 Å². The Hall–Kier alpha value is -3.76. The number of nitrogens with zero attached hydrogens (tertiary/aromatic N) is 4. The van der Waals surface area contributed by atoms with Gasteiger partial charge in [-0.05, 0) is 25.1 Å². The fourth-order valence-electron chi connectivity index (χ4n) is 2.89. The van der Waals surface area contributed by atoms with E-state index in [0.29, 0.717) is 17.8 Å². The molecule has 154 valence electrons. The molecule has 0 aliphatic heterocycles. The van der Waals surface area contributed by atoms with E-state index in [2.05, 4.69) is 20.3 Å². The third-order valence-electron chi connectivity index (χ3n) is 4.25. The zero-order valence-electron chi connectivity index (χ0n) is 15.6. The van der Waals surface area contributed by atoms with Crippen molar-refractivity contribution in [1.82, 2.24) is 19.4 Å². The van der Waals surface area contributed by atoms with E-state index in [0.717, 1.165) is 16.7 Å². The van der Waals surface area contributed by atoms with Crippen LogP contribution in [-0.2, 0) is 6.18 Å². The molecule has 0 aliphatic rings. The Morgan fingerprint density at radius 3 is 2.60 bits per heavy atom. The van der Waals surface area contributed by atoms with Gasteiger partial charge in [0.15, 0.2) is 5.89 Å². The summed E-state index contributed by atoms with van der Waals surface area (Å²) in [6.07, 6.45) is -1.87. The number of alkyl halides is 3. The summed E-state index contributed by atoms with van der Waals surface area (Å²) in [6, 6.07) is 3.77. The Balaban J connectivity index is 1.68. The highest BCUT2D eigenvalue weighted by Crippen LogP contribution is 2.30. The summed E-state index contributed by atoms with van der Waals surface area (Å²) in [4.78, 5) is 24.1. The maximum Gasteiger partial charge on any atom is 0.419 e. The first kappa shape index (κ1) is 19.6. The summed E-state index contributed by atoms with van der Waals surface area (Å²) in [7, 11) is 0. The number of nitrogens with one attached hydrogen (secondary N) is 1. The van der Waals surface area contributed by atoms with Crippen LogP contribution in [0.1, 0.15) is 27.7 Å². The van der Waals surface area contributed by atoms with Crippen LogP contribution >= 0.6 is 0 Å². The quantitative estimate of drug-likeness (QED) is 0.497. The van der Waals surface area contributed by atoms with Gasteiger partial charge in [0.25, 0.3) is 5.91 Å². The Labute approximate surface area is 166 Å². The maximum absolute atomic E-state index is 14.4. The molecule has 0 saturated heterocycles. The SMILES string of the molecule is Cc1nc(C)c(C(=O)Nc2ccc(F)c(-c3cn4cc(C(F)(F)F)cnc4n3)c2)o1. The number of benzene rings is 1. The molecule has 4 aromatic rings. The molecule has 0 atom stereocenters. The molecule has 0 spiro atoms. The van der Waals surface area contributed by atoms with Gasteiger partial charge in [-0.15, -0.1) is 0 Å². The van der Waals surface area contributed by atoms with Gasteiger partial charge in [0.05, 0.1) is 17.0 Å². The van der Waals surface area contributed by atoms with Crippen LogP contribution in [0.4, 0.5) is 23.2 Å². The van der Waals surface area contributed by atoms with E-state index < -0.39 is 23.5 Å². The highest BCUT2D eigenvalue weighted by Gasteiger charge is 2.31. The largest absolute Gasteiger partial charge is 0.436 e. The van der Waals surface area contributed by atoms with Crippen LogP contribution in [0.15, 0.2) is 41.2 Å². The van der Waals surface area contributed by atoms with Gasteiger partial charge < -0.3 is 9.73 Å². The molecular formula is C19H13F4N5O2. The van der Waals surface area contributed by atoms with Crippen LogP contribution < -0.4 is 5.32 Å². The van der Waals surface area contributed by atoms with Gasteiger partial charge in [-0.1, -0.05) is 0 Å². The molecule has 1 amide bonds. The van der Waals surface area contributed by atoms with E-state index in [1.807, 2.05) is 0 Å². The van der Waals surface area contributed by atoms with Crippen molar-refractivity contribution in [3.63, 3.8) is 0 Å². The van der Waals surface area contributed by atoms with Crippen molar-refractivity contribution in [3.8, 4) is 11.3 Å². The second-order valence-electron chi connectivity index (χ2n) is 6.47. The number of amides is 1. The number of carbonyl (C=O) groups is 1. The van der Waals surface area contributed by atoms with Crippen LogP contribution in [0.2, 0.25) is 0 Å². The zero-order chi connectivity index (χ0) is 21.6. The molecule has 0 fully saturated rings. The van der Waals surface area contributed by atoms with Crippen molar-refractivity contribution in [2.24, 2.45) is 0 Å². The molecule has 4 rings (SSSR count). The Morgan fingerprint density at radius 2 is 1.93 bits per heavy atom. The number of fused-ring (bicyclic) bond motifs is 1. The molecule has 3 aromatic heterocycles. The molecule has 0 saturated carbocycles. The summed E-state index contributed by atoms with van der Waals surface area (Å²) < 4.78 is 59.3. The second kappa shape index (κ2) is 6.94. The molecule has 1 aromatic carbocycles. The number of aryl methyl sites for hydroxylation is 2. The first-order valence-corrected chi connectivity index (χ1v) is 8.59. The van der Waals surface area contributed by atoms with Gasteiger partial charge in [0.2, 0.25) is 11.5 Å². The number of hydrogen-bond acceptors (Lipinski definition) is 5. The Morgan fingerprint density at radius 1 is 1.17 bits per heavy atom. The average Bonchev–Trinajstić information content (AvgIpc) is 3.24. The maximum atomic E-state index is 14.4. The summed E-state index contributed by atoms with van der Waals surface area (Å²) in [5, 5.41) is 2.57. The molecule has 30 heavy (non-hydrogen) atoms. The first-order valence-electron chi connectivity index (χ1n) is 8.59. The lowest BCUT2D eigenvalue weighted by Gasteiger charge is -2.06. The van der Waals surface area contributed by atoms with Gasteiger partial charge in [-0.25, -0.2) is 19.3 Å². The minimum absolute atomic E-state index is 0.0164. The van der Waals surface area contributed by atoms with Gasteiger partial charge in [0.1, 0.15) is 5.82 Å². The smallest absolute Gasteiger partial charge is 0.419 e. The van der Waals surface area contributed by atoms with E-state index in [1.54, 1.807) is 13.8 Å². The predicted molar refractivity (Wildman–Crippen MR) is 97.3 cm³/mol. The van der Waals surface area contributed by atoms with E-state index in [4.69, 9.17) is 4.42 Å². The number of imidazole rings is 1. The van der Waals surface area contributed by atoms with Crippen LogP contribution in [0.3, 0.4) is 0 Å². The molecule has 0 radical (unpaired) electrons. The number of anilines is 1. The van der Waals surface area contributed by atoms with Crippen molar-refractivity contribution in [1.29, 1.82) is 0 Å². The number of rotatable bonds is 3.